The SMILES string of the molecule is CCOCCc1nn(C)c(N)c1CC. The van der Waals surface area contributed by atoms with Crippen LogP contribution in [0.5, 0.6) is 0 Å². The second kappa shape index (κ2) is 5.00. The first-order valence-electron chi connectivity index (χ1n) is 5.08. The lowest BCUT2D eigenvalue weighted by atomic mass is 10.1. The van der Waals surface area contributed by atoms with E-state index in [-0.39, 0.29) is 0 Å². The fraction of sp³-hybridized carbons (Fsp3) is 0.700. The zero-order valence-electron chi connectivity index (χ0n) is 9.21. The Labute approximate surface area is 85.0 Å². The first kappa shape index (κ1) is 11.0. The molecule has 0 spiro atoms. The van der Waals surface area contributed by atoms with Crippen molar-refractivity contribution in [2.45, 2.75) is 26.7 Å². The second-order valence-corrected chi connectivity index (χ2v) is 3.23. The van der Waals surface area contributed by atoms with Gasteiger partial charge in [-0.2, -0.15) is 5.10 Å². The average molecular weight is 197 g/mol. The molecular formula is C10H19N3O. The molecule has 0 aromatic carbocycles. The molecule has 0 aliphatic carbocycles. The Morgan fingerprint density at radius 1 is 1.43 bits per heavy atom. The minimum Gasteiger partial charge on any atom is -0.384 e. The van der Waals surface area contributed by atoms with Crippen molar-refractivity contribution < 1.29 is 4.74 Å². The molecule has 1 aromatic rings. The van der Waals surface area contributed by atoms with Gasteiger partial charge < -0.3 is 10.5 Å². The zero-order valence-corrected chi connectivity index (χ0v) is 9.21. The van der Waals surface area contributed by atoms with Gasteiger partial charge in [0, 0.05) is 25.6 Å². The molecule has 0 aliphatic heterocycles. The van der Waals surface area contributed by atoms with Crippen molar-refractivity contribution in [3.63, 3.8) is 0 Å². The molecule has 0 atom stereocenters. The van der Waals surface area contributed by atoms with Crippen LogP contribution >= 0.6 is 0 Å². The van der Waals surface area contributed by atoms with Gasteiger partial charge in [-0.05, 0) is 13.3 Å². The van der Waals surface area contributed by atoms with Crippen LogP contribution in [0.2, 0.25) is 0 Å². The molecule has 0 fully saturated rings. The summed E-state index contributed by atoms with van der Waals surface area (Å²) in [7, 11) is 1.87. The van der Waals surface area contributed by atoms with E-state index in [4.69, 9.17) is 10.5 Å². The van der Waals surface area contributed by atoms with Gasteiger partial charge in [0.25, 0.3) is 0 Å². The molecule has 80 valence electrons. The van der Waals surface area contributed by atoms with Crippen LogP contribution < -0.4 is 5.73 Å². The summed E-state index contributed by atoms with van der Waals surface area (Å²) in [5.41, 5.74) is 8.11. The predicted molar refractivity (Wildman–Crippen MR) is 57.2 cm³/mol. The quantitative estimate of drug-likeness (QED) is 0.720. The molecule has 4 heteroatoms. The third-order valence-corrected chi connectivity index (χ3v) is 2.32. The Morgan fingerprint density at radius 2 is 2.14 bits per heavy atom. The summed E-state index contributed by atoms with van der Waals surface area (Å²) < 4.78 is 7.03. The summed E-state index contributed by atoms with van der Waals surface area (Å²) in [6, 6.07) is 0. The van der Waals surface area contributed by atoms with E-state index in [9.17, 15) is 0 Å². The summed E-state index contributed by atoms with van der Waals surface area (Å²) in [6.45, 7) is 5.56. The van der Waals surface area contributed by atoms with Crippen molar-refractivity contribution in [3.05, 3.63) is 11.3 Å². The minimum absolute atomic E-state index is 0.722. The largest absolute Gasteiger partial charge is 0.384 e. The molecule has 0 unspecified atom stereocenters. The number of aromatic nitrogens is 2. The number of anilines is 1. The number of aryl methyl sites for hydroxylation is 1. The highest BCUT2D eigenvalue weighted by atomic mass is 16.5. The molecule has 1 aromatic heterocycles. The van der Waals surface area contributed by atoms with Crippen LogP contribution in [0.3, 0.4) is 0 Å². The minimum atomic E-state index is 0.722. The first-order valence-corrected chi connectivity index (χ1v) is 5.08. The Bertz CT molecular complexity index is 294. The topological polar surface area (TPSA) is 53.1 Å². The van der Waals surface area contributed by atoms with Gasteiger partial charge in [-0.25, -0.2) is 0 Å². The van der Waals surface area contributed by atoms with E-state index in [0.717, 1.165) is 43.1 Å². The van der Waals surface area contributed by atoms with Crippen LogP contribution in [0.1, 0.15) is 25.1 Å². The Hall–Kier alpha value is -1.03. The van der Waals surface area contributed by atoms with Crippen molar-refractivity contribution in [1.29, 1.82) is 0 Å². The fourth-order valence-electron chi connectivity index (χ4n) is 1.54. The smallest absolute Gasteiger partial charge is 0.124 e. The molecule has 1 heterocycles. The van der Waals surface area contributed by atoms with Crippen molar-refractivity contribution in [1.82, 2.24) is 9.78 Å². The van der Waals surface area contributed by atoms with Crippen molar-refractivity contribution in [2.75, 3.05) is 18.9 Å². The van der Waals surface area contributed by atoms with E-state index in [1.807, 2.05) is 14.0 Å². The van der Waals surface area contributed by atoms with E-state index < -0.39 is 0 Å². The normalized spacial score (nSPS) is 10.8. The maximum Gasteiger partial charge on any atom is 0.124 e. The molecule has 14 heavy (non-hydrogen) atoms. The van der Waals surface area contributed by atoms with Gasteiger partial charge in [0.1, 0.15) is 5.82 Å². The number of hydrogen-bond donors (Lipinski definition) is 1. The lowest BCUT2D eigenvalue weighted by Crippen LogP contribution is -2.01. The Balaban J connectivity index is 2.70. The van der Waals surface area contributed by atoms with E-state index in [1.165, 1.54) is 0 Å². The van der Waals surface area contributed by atoms with E-state index in [1.54, 1.807) is 4.68 Å². The van der Waals surface area contributed by atoms with Crippen molar-refractivity contribution in [3.8, 4) is 0 Å². The van der Waals surface area contributed by atoms with E-state index >= 15 is 0 Å². The fourth-order valence-corrected chi connectivity index (χ4v) is 1.54. The van der Waals surface area contributed by atoms with Gasteiger partial charge >= 0.3 is 0 Å². The predicted octanol–water partition coefficient (Wildman–Crippen LogP) is 1.14. The lowest BCUT2D eigenvalue weighted by Gasteiger charge is -2.00. The lowest BCUT2D eigenvalue weighted by molar-refractivity contribution is 0.150. The van der Waals surface area contributed by atoms with Gasteiger partial charge in [-0.1, -0.05) is 6.92 Å². The average Bonchev–Trinajstić information content (AvgIpc) is 2.43. The third kappa shape index (κ3) is 2.26. The van der Waals surface area contributed by atoms with Crippen molar-refractivity contribution >= 4 is 5.82 Å². The molecule has 1 rings (SSSR count). The van der Waals surface area contributed by atoms with Gasteiger partial charge in [-0.15, -0.1) is 0 Å². The molecule has 0 aliphatic rings. The summed E-state index contributed by atoms with van der Waals surface area (Å²) in [4.78, 5) is 0. The molecule has 2 N–H and O–H groups in total. The Morgan fingerprint density at radius 3 is 2.71 bits per heavy atom. The number of hydrogen-bond acceptors (Lipinski definition) is 3. The van der Waals surface area contributed by atoms with Crippen molar-refractivity contribution in [2.24, 2.45) is 7.05 Å². The highest BCUT2D eigenvalue weighted by Crippen LogP contribution is 2.16. The molecule has 0 bridgehead atoms. The van der Waals surface area contributed by atoms with Crippen LogP contribution in [0.25, 0.3) is 0 Å². The molecule has 4 nitrogen and oxygen atoms in total. The van der Waals surface area contributed by atoms with Gasteiger partial charge in [0.05, 0.1) is 12.3 Å². The van der Waals surface area contributed by atoms with Gasteiger partial charge in [0.2, 0.25) is 0 Å². The number of ether oxygens (including phenoxy) is 1. The van der Waals surface area contributed by atoms with E-state index in [2.05, 4.69) is 12.0 Å². The molecule has 0 saturated heterocycles. The molecule has 0 radical (unpaired) electrons. The summed E-state index contributed by atoms with van der Waals surface area (Å²) in [5, 5.41) is 4.36. The molecule has 0 saturated carbocycles. The number of nitrogen functional groups attached to an aromatic ring is 1. The monoisotopic (exact) mass is 197 g/mol. The van der Waals surface area contributed by atoms with Crippen LogP contribution in [0, 0.1) is 0 Å². The highest BCUT2D eigenvalue weighted by Gasteiger charge is 2.10. The van der Waals surface area contributed by atoms with Crippen LogP contribution in [0.15, 0.2) is 0 Å². The number of nitrogens with zero attached hydrogens (tertiary/aromatic N) is 2. The first-order chi connectivity index (χ1) is 6.70. The highest BCUT2D eigenvalue weighted by molar-refractivity contribution is 5.43. The number of nitrogens with two attached hydrogens (primary N) is 1. The summed E-state index contributed by atoms with van der Waals surface area (Å²) >= 11 is 0. The van der Waals surface area contributed by atoms with E-state index in [0.29, 0.717) is 0 Å². The van der Waals surface area contributed by atoms with Crippen LogP contribution in [0.4, 0.5) is 5.82 Å². The van der Waals surface area contributed by atoms with Crippen LogP contribution in [-0.4, -0.2) is 23.0 Å². The zero-order chi connectivity index (χ0) is 10.6. The third-order valence-electron chi connectivity index (χ3n) is 2.32. The summed E-state index contributed by atoms with van der Waals surface area (Å²) in [6.07, 6.45) is 1.78. The molecular weight excluding hydrogens is 178 g/mol. The summed E-state index contributed by atoms with van der Waals surface area (Å²) in [5.74, 6) is 0.777. The van der Waals surface area contributed by atoms with Gasteiger partial charge in [-0.3, -0.25) is 4.68 Å². The maximum absolute atomic E-state index is 5.88. The standard InChI is InChI=1S/C10H19N3O/c1-4-8-9(6-7-14-5-2)12-13(3)10(8)11/h4-7,11H2,1-3H3. The number of rotatable bonds is 5. The molecule has 0 amide bonds. The Kier molecular flexibility index (Phi) is 3.95. The second-order valence-electron chi connectivity index (χ2n) is 3.23. The maximum atomic E-state index is 5.88. The van der Waals surface area contributed by atoms with Crippen LogP contribution in [-0.2, 0) is 24.6 Å². The van der Waals surface area contributed by atoms with Gasteiger partial charge in [0.15, 0.2) is 0 Å².